The number of nitro benzene ring substituents is 1. The van der Waals surface area contributed by atoms with Crippen molar-refractivity contribution in [3.05, 3.63) is 101 Å². The number of allylic oxidation sites excluding steroid dienone is 1. The maximum Gasteiger partial charge on any atom is 0.338 e. The highest BCUT2D eigenvalue weighted by Gasteiger charge is 2.33. The normalized spacial score (nSPS) is 15.3. The molecule has 1 aromatic heterocycles. The third-order valence-electron chi connectivity index (χ3n) is 5.26. The molecule has 4 rings (SSSR count). The van der Waals surface area contributed by atoms with Crippen LogP contribution < -0.4 is 19.6 Å². The van der Waals surface area contributed by atoms with Gasteiger partial charge in [0.1, 0.15) is 5.75 Å². The predicted molar refractivity (Wildman–Crippen MR) is 127 cm³/mol. The molecule has 2 heterocycles. The SMILES string of the molecule is COC(=O)C1=C(C)N=c2s/c(=C\c3cccc([N+](=O)[O-])c3)c(=O)n2[C@@H]1c1ccc(OC(C)=O)cc1. The Hall–Kier alpha value is -4.38. The van der Waals surface area contributed by atoms with Gasteiger partial charge in [0.25, 0.3) is 11.2 Å². The largest absolute Gasteiger partial charge is 0.466 e. The van der Waals surface area contributed by atoms with Crippen molar-refractivity contribution in [3.8, 4) is 5.75 Å². The molecule has 2 aromatic carbocycles. The summed E-state index contributed by atoms with van der Waals surface area (Å²) in [6.45, 7) is 2.94. The second kappa shape index (κ2) is 9.47. The van der Waals surface area contributed by atoms with Crippen LogP contribution in [0.15, 0.2) is 69.6 Å². The molecule has 0 saturated carbocycles. The second-order valence-electron chi connectivity index (χ2n) is 7.59. The van der Waals surface area contributed by atoms with E-state index in [1.165, 1.54) is 36.8 Å². The fraction of sp³-hybridized carbons (Fsp3) is 0.167. The molecular weight excluding hydrogens is 474 g/mol. The maximum absolute atomic E-state index is 13.5. The lowest BCUT2D eigenvalue weighted by atomic mass is 9.96. The first kappa shape index (κ1) is 23.8. The Morgan fingerprint density at radius 1 is 1.20 bits per heavy atom. The van der Waals surface area contributed by atoms with Gasteiger partial charge in [-0.25, -0.2) is 9.79 Å². The Morgan fingerprint density at radius 3 is 2.54 bits per heavy atom. The molecule has 0 N–H and O–H groups in total. The maximum atomic E-state index is 13.5. The number of ether oxygens (including phenoxy) is 2. The first-order chi connectivity index (χ1) is 16.7. The number of aromatic nitrogens is 1. The number of rotatable bonds is 5. The molecule has 0 bridgehead atoms. The standard InChI is InChI=1S/C24H19N3O7S/c1-13-20(23(30)33-3)21(16-7-9-18(10-8-16)34-14(2)28)26-22(29)19(35-24(26)25-13)12-15-5-4-6-17(11-15)27(31)32/h4-12,21H,1-3H3/b19-12-/t21-/m1/s1. The Morgan fingerprint density at radius 2 is 1.91 bits per heavy atom. The van der Waals surface area contributed by atoms with Gasteiger partial charge in [0.05, 0.1) is 33.9 Å². The Labute approximate surface area is 202 Å². The smallest absolute Gasteiger partial charge is 0.338 e. The number of benzene rings is 2. The summed E-state index contributed by atoms with van der Waals surface area (Å²) in [4.78, 5) is 52.9. The molecule has 0 amide bonds. The first-order valence-corrected chi connectivity index (χ1v) is 11.1. The number of nitrogens with zero attached hydrogens (tertiary/aromatic N) is 3. The van der Waals surface area contributed by atoms with Crippen molar-refractivity contribution in [2.24, 2.45) is 4.99 Å². The number of hydrogen-bond donors (Lipinski definition) is 0. The van der Waals surface area contributed by atoms with Gasteiger partial charge in [0.15, 0.2) is 4.80 Å². The third kappa shape index (κ3) is 4.66. The number of thiazole rings is 1. The molecule has 10 nitrogen and oxygen atoms in total. The topological polar surface area (TPSA) is 130 Å². The van der Waals surface area contributed by atoms with E-state index in [-0.39, 0.29) is 11.3 Å². The van der Waals surface area contributed by atoms with E-state index in [4.69, 9.17) is 9.47 Å². The fourth-order valence-electron chi connectivity index (χ4n) is 3.77. The number of hydrogen-bond acceptors (Lipinski definition) is 9. The van der Waals surface area contributed by atoms with Crippen molar-refractivity contribution in [3.63, 3.8) is 0 Å². The first-order valence-electron chi connectivity index (χ1n) is 10.3. The van der Waals surface area contributed by atoms with E-state index in [0.717, 1.165) is 11.3 Å². The highest BCUT2D eigenvalue weighted by atomic mass is 32.1. The molecule has 1 atom stereocenters. The second-order valence-corrected chi connectivity index (χ2v) is 8.60. The summed E-state index contributed by atoms with van der Waals surface area (Å²) >= 11 is 1.11. The Balaban J connectivity index is 1.90. The van der Waals surface area contributed by atoms with Crippen LogP contribution >= 0.6 is 11.3 Å². The van der Waals surface area contributed by atoms with E-state index in [2.05, 4.69) is 4.99 Å². The number of esters is 2. The van der Waals surface area contributed by atoms with Crippen LogP contribution in [0.2, 0.25) is 0 Å². The molecule has 3 aromatic rings. The van der Waals surface area contributed by atoms with Gasteiger partial charge >= 0.3 is 11.9 Å². The summed E-state index contributed by atoms with van der Waals surface area (Å²) in [5, 5.41) is 11.1. The van der Waals surface area contributed by atoms with Crippen LogP contribution in [0.25, 0.3) is 6.08 Å². The van der Waals surface area contributed by atoms with Gasteiger partial charge in [-0.2, -0.15) is 0 Å². The lowest BCUT2D eigenvalue weighted by Crippen LogP contribution is -2.39. The molecule has 0 aliphatic carbocycles. The van der Waals surface area contributed by atoms with Crippen molar-refractivity contribution in [2.45, 2.75) is 19.9 Å². The predicted octanol–water partition coefficient (Wildman–Crippen LogP) is 2.24. The summed E-state index contributed by atoms with van der Waals surface area (Å²) < 4.78 is 11.7. The molecule has 0 spiro atoms. The molecule has 178 valence electrons. The van der Waals surface area contributed by atoms with Gasteiger partial charge < -0.3 is 9.47 Å². The molecule has 0 saturated heterocycles. The van der Waals surface area contributed by atoms with Crippen molar-refractivity contribution in [2.75, 3.05) is 7.11 Å². The van der Waals surface area contributed by atoms with Gasteiger partial charge in [-0.3, -0.25) is 24.3 Å². The molecule has 1 aliphatic rings. The Kier molecular flexibility index (Phi) is 6.43. The van der Waals surface area contributed by atoms with Gasteiger partial charge in [-0.1, -0.05) is 35.6 Å². The zero-order valence-corrected chi connectivity index (χ0v) is 19.7. The van der Waals surface area contributed by atoms with Gasteiger partial charge in [-0.05, 0) is 36.3 Å². The van der Waals surface area contributed by atoms with Gasteiger partial charge in [0.2, 0.25) is 0 Å². The van der Waals surface area contributed by atoms with Gasteiger partial charge in [0, 0.05) is 19.1 Å². The fourth-order valence-corrected chi connectivity index (χ4v) is 4.82. The average Bonchev–Trinajstić information content (AvgIpc) is 3.12. The molecular formula is C24H19N3O7S. The highest BCUT2D eigenvalue weighted by molar-refractivity contribution is 7.07. The monoisotopic (exact) mass is 493 g/mol. The number of nitro groups is 1. The minimum Gasteiger partial charge on any atom is -0.466 e. The van der Waals surface area contributed by atoms with Crippen LogP contribution in [-0.4, -0.2) is 28.5 Å². The lowest BCUT2D eigenvalue weighted by molar-refractivity contribution is -0.384. The summed E-state index contributed by atoms with van der Waals surface area (Å²) in [5.41, 5.74) is 1.15. The van der Waals surface area contributed by atoms with Gasteiger partial charge in [-0.15, -0.1) is 0 Å². The van der Waals surface area contributed by atoms with E-state index >= 15 is 0 Å². The van der Waals surface area contributed by atoms with Crippen molar-refractivity contribution in [1.29, 1.82) is 0 Å². The van der Waals surface area contributed by atoms with E-state index in [9.17, 15) is 24.5 Å². The van der Waals surface area contributed by atoms with Crippen molar-refractivity contribution in [1.82, 2.24) is 4.57 Å². The number of fused-ring (bicyclic) bond motifs is 1. The molecule has 11 heteroatoms. The summed E-state index contributed by atoms with van der Waals surface area (Å²) in [5.74, 6) is -0.786. The summed E-state index contributed by atoms with van der Waals surface area (Å²) in [7, 11) is 1.25. The highest BCUT2D eigenvalue weighted by Crippen LogP contribution is 2.31. The minimum absolute atomic E-state index is 0.0962. The zero-order valence-electron chi connectivity index (χ0n) is 18.9. The van der Waals surface area contributed by atoms with Crippen LogP contribution in [0.5, 0.6) is 5.75 Å². The molecule has 0 fully saturated rings. The number of non-ortho nitro benzene ring substituents is 1. The molecule has 1 aliphatic heterocycles. The third-order valence-corrected chi connectivity index (χ3v) is 6.25. The van der Waals surface area contributed by atoms with E-state index in [1.54, 1.807) is 43.3 Å². The average molecular weight is 493 g/mol. The minimum atomic E-state index is -0.836. The van der Waals surface area contributed by atoms with E-state index in [1.807, 2.05) is 0 Å². The molecule has 0 unspecified atom stereocenters. The van der Waals surface area contributed by atoms with E-state index < -0.39 is 28.5 Å². The number of methoxy groups -OCH3 is 1. The quantitative estimate of drug-likeness (QED) is 0.231. The van der Waals surface area contributed by atoms with Crippen molar-refractivity contribution >= 4 is 35.0 Å². The van der Waals surface area contributed by atoms with Crippen LogP contribution in [-0.2, 0) is 14.3 Å². The van der Waals surface area contributed by atoms with Crippen LogP contribution in [0.3, 0.4) is 0 Å². The van der Waals surface area contributed by atoms with Crippen molar-refractivity contribution < 1.29 is 24.0 Å². The number of carbonyl (C=O) groups excluding carboxylic acids is 2. The van der Waals surface area contributed by atoms with Crippen LogP contribution in [0, 0.1) is 10.1 Å². The Bertz CT molecular complexity index is 1570. The number of carbonyl (C=O) groups is 2. The van der Waals surface area contributed by atoms with E-state index in [0.29, 0.717) is 31.9 Å². The summed E-state index contributed by atoms with van der Waals surface area (Å²) in [6, 6.07) is 11.5. The lowest BCUT2D eigenvalue weighted by Gasteiger charge is -2.24. The van der Waals surface area contributed by atoms with Crippen LogP contribution in [0.1, 0.15) is 31.0 Å². The molecule has 35 heavy (non-hydrogen) atoms. The van der Waals surface area contributed by atoms with Crippen LogP contribution in [0.4, 0.5) is 5.69 Å². The molecule has 0 radical (unpaired) electrons. The zero-order chi connectivity index (χ0) is 25.3. The summed E-state index contributed by atoms with van der Waals surface area (Å²) in [6.07, 6.45) is 1.55.